The molecule has 4 nitrogen and oxygen atoms in total. The predicted octanol–water partition coefficient (Wildman–Crippen LogP) is 5.46. The molecule has 2 fully saturated rings. The van der Waals surface area contributed by atoms with E-state index in [1.54, 1.807) is 0 Å². The maximum atomic E-state index is 13.4. The third-order valence-electron chi connectivity index (χ3n) is 8.58. The van der Waals surface area contributed by atoms with Crippen LogP contribution < -0.4 is 10.4 Å². The zero-order valence-electron chi connectivity index (χ0n) is 21.8. The van der Waals surface area contributed by atoms with Gasteiger partial charge in [0, 0.05) is 6.10 Å². The number of nitriles is 1. The summed E-state index contributed by atoms with van der Waals surface area (Å²) in [6, 6.07) is 23.9. The van der Waals surface area contributed by atoms with Crippen molar-refractivity contribution in [2.45, 2.75) is 70.9 Å². The molecule has 0 saturated heterocycles. The van der Waals surface area contributed by atoms with Gasteiger partial charge in [-0.1, -0.05) is 94.8 Å². The normalized spacial score (nSPS) is 29.0. The Hall–Kier alpha value is -2.42. The van der Waals surface area contributed by atoms with Crippen molar-refractivity contribution in [3.63, 3.8) is 0 Å². The van der Waals surface area contributed by atoms with Crippen molar-refractivity contribution in [2.75, 3.05) is 7.11 Å². The molecule has 2 aromatic rings. The molecular formula is C30H39NO3Si. The first-order valence-electron chi connectivity index (χ1n) is 13.0. The van der Waals surface area contributed by atoms with Crippen molar-refractivity contribution in [1.82, 2.24) is 0 Å². The second-order valence-corrected chi connectivity index (χ2v) is 15.9. The van der Waals surface area contributed by atoms with Crippen LogP contribution in [0.4, 0.5) is 0 Å². The van der Waals surface area contributed by atoms with Crippen LogP contribution in [-0.4, -0.2) is 27.5 Å². The summed E-state index contributed by atoms with van der Waals surface area (Å²) in [5.74, 6) is -0.0656. The molecule has 0 radical (unpaired) electrons. The van der Waals surface area contributed by atoms with Crippen LogP contribution in [0, 0.1) is 34.5 Å². The number of carbonyl (C=O) groups excluding carboxylic acids is 1. The highest BCUT2D eigenvalue weighted by atomic mass is 28.4. The molecule has 35 heavy (non-hydrogen) atoms. The maximum Gasteiger partial charge on any atom is 0.312 e. The average molecular weight is 490 g/mol. The van der Waals surface area contributed by atoms with E-state index < -0.39 is 13.7 Å². The summed E-state index contributed by atoms with van der Waals surface area (Å²) in [6.45, 7) is 8.99. The maximum absolute atomic E-state index is 13.4. The molecule has 0 aliphatic heterocycles. The van der Waals surface area contributed by atoms with Crippen LogP contribution in [0.3, 0.4) is 0 Å². The minimum atomic E-state index is -2.74. The number of benzene rings is 2. The van der Waals surface area contributed by atoms with E-state index >= 15 is 0 Å². The molecule has 4 rings (SSSR count). The Morgan fingerprint density at radius 2 is 1.57 bits per heavy atom. The molecule has 0 N–H and O–H groups in total. The Morgan fingerprint density at radius 3 is 2.06 bits per heavy atom. The average Bonchev–Trinajstić information content (AvgIpc) is 3.00. The first-order chi connectivity index (χ1) is 16.7. The van der Waals surface area contributed by atoms with Crippen LogP contribution in [0.2, 0.25) is 5.04 Å². The lowest BCUT2D eigenvalue weighted by molar-refractivity contribution is -0.157. The predicted molar refractivity (Wildman–Crippen MR) is 142 cm³/mol. The summed E-state index contributed by atoms with van der Waals surface area (Å²) in [4.78, 5) is 13.4. The van der Waals surface area contributed by atoms with E-state index in [9.17, 15) is 10.1 Å². The van der Waals surface area contributed by atoms with Gasteiger partial charge in [0.1, 0.15) is 0 Å². The van der Waals surface area contributed by atoms with E-state index in [4.69, 9.17) is 9.16 Å². The zero-order valence-corrected chi connectivity index (χ0v) is 22.8. The molecule has 186 valence electrons. The van der Waals surface area contributed by atoms with Crippen molar-refractivity contribution in [1.29, 1.82) is 5.26 Å². The quantitative estimate of drug-likeness (QED) is 0.413. The van der Waals surface area contributed by atoms with Crippen LogP contribution in [0.15, 0.2) is 60.7 Å². The molecule has 0 heterocycles. The fraction of sp³-hybridized carbons (Fsp3) is 0.533. The van der Waals surface area contributed by atoms with Gasteiger partial charge in [0.15, 0.2) is 0 Å². The van der Waals surface area contributed by atoms with Gasteiger partial charge in [0.05, 0.1) is 24.5 Å². The van der Waals surface area contributed by atoms with Gasteiger partial charge in [0.2, 0.25) is 0 Å². The number of ether oxygens (including phenoxy) is 1. The summed E-state index contributed by atoms with van der Waals surface area (Å²) < 4.78 is 12.9. The van der Waals surface area contributed by atoms with Crippen LogP contribution >= 0.6 is 0 Å². The molecule has 0 amide bonds. The van der Waals surface area contributed by atoms with Gasteiger partial charge in [-0.3, -0.25) is 4.79 Å². The fourth-order valence-corrected chi connectivity index (χ4v) is 11.9. The largest absolute Gasteiger partial charge is 0.469 e. The Bertz CT molecular complexity index is 1020. The Labute approximate surface area is 211 Å². The smallest absolute Gasteiger partial charge is 0.312 e. The number of esters is 1. The van der Waals surface area contributed by atoms with Crippen molar-refractivity contribution in [3.05, 3.63) is 60.7 Å². The summed E-state index contributed by atoms with van der Waals surface area (Å²) in [7, 11) is -1.25. The standard InChI is InChI=1S/C30H39NO3Si/c1-22-19-30(28(32)33-5)20-23(13-12-18-27(30)26(22)21-31)34-35(29(2,3)4,24-14-8-6-9-15-24)25-16-10-7-11-17-25/h6-11,14-17,22-23,26-27H,12-13,18-20H2,1-5H3/t22-,23+,26+,27-,30+/m1/s1. The fourth-order valence-electron chi connectivity index (χ4n) is 7.14. The molecular weight excluding hydrogens is 450 g/mol. The van der Waals surface area contributed by atoms with Crippen LogP contribution in [0.5, 0.6) is 0 Å². The van der Waals surface area contributed by atoms with Gasteiger partial charge >= 0.3 is 5.97 Å². The topological polar surface area (TPSA) is 59.3 Å². The number of hydrogen-bond acceptors (Lipinski definition) is 4. The van der Waals surface area contributed by atoms with Gasteiger partial charge < -0.3 is 9.16 Å². The second kappa shape index (κ2) is 9.91. The van der Waals surface area contributed by atoms with Gasteiger partial charge in [-0.05, 0) is 52.9 Å². The third kappa shape index (κ3) is 4.36. The molecule has 2 aromatic carbocycles. The summed E-state index contributed by atoms with van der Waals surface area (Å²) in [5, 5.41) is 12.3. The lowest BCUT2D eigenvalue weighted by Gasteiger charge is -2.46. The van der Waals surface area contributed by atoms with Crippen molar-refractivity contribution in [2.24, 2.45) is 23.2 Å². The van der Waals surface area contributed by atoms with E-state index in [1.165, 1.54) is 17.5 Å². The summed E-state index contributed by atoms with van der Waals surface area (Å²) in [5.41, 5.74) is -0.652. The highest BCUT2D eigenvalue weighted by Crippen LogP contribution is 2.57. The molecule has 2 saturated carbocycles. The van der Waals surface area contributed by atoms with Gasteiger partial charge in [-0.15, -0.1) is 0 Å². The molecule has 0 aromatic heterocycles. The van der Waals surface area contributed by atoms with E-state index in [2.05, 4.69) is 94.4 Å². The second-order valence-electron chi connectivity index (χ2n) is 11.6. The molecule has 0 spiro atoms. The number of carbonyl (C=O) groups is 1. The number of fused-ring (bicyclic) bond motifs is 1. The van der Waals surface area contributed by atoms with Crippen molar-refractivity contribution in [3.8, 4) is 6.07 Å². The van der Waals surface area contributed by atoms with Crippen LogP contribution in [0.25, 0.3) is 0 Å². The molecule has 5 heteroatoms. The number of rotatable bonds is 5. The molecule has 2 aliphatic carbocycles. The highest BCUT2D eigenvalue weighted by Gasteiger charge is 2.60. The number of hydrogen-bond donors (Lipinski definition) is 0. The first-order valence-corrected chi connectivity index (χ1v) is 14.9. The lowest BCUT2D eigenvalue weighted by atomic mass is 9.72. The van der Waals surface area contributed by atoms with Crippen molar-refractivity contribution >= 4 is 24.7 Å². The minimum Gasteiger partial charge on any atom is -0.469 e. The van der Waals surface area contributed by atoms with E-state index in [0.29, 0.717) is 12.8 Å². The SMILES string of the molecule is COC(=O)[C@@]12C[C@@H](O[Si](c3ccccc3)(c3ccccc3)C(C)(C)C)CCC[C@@H]1[C@@H](C#N)[C@H](C)C2. The van der Waals surface area contributed by atoms with Crippen LogP contribution in [0.1, 0.15) is 59.8 Å². The molecule has 2 aliphatic rings. The zero-order chi connectivity index (χ0) is 25.3. The monoisotopic (exact) mass is 489 g/mol. The first kappa shape index (κ1) is 25.7. The van der Waals surface area contributed by atoms with E-state index in [0.717, 1.165) is 19.3 Å². The number of nitrogens with zero attached hydrogens (tertiary/aromatic N) is 1. The summed E-state index contributed by atoms with van der Waals surface area (Å²) in [6.07, 6.45) is 3.97. The van der Waals surface area contributed by atoms with Crippen molar-refractivity contribution < 1.29 is 14.0 Å². The lowest BCUT2D eigenvalue weighted by Crippen LogP contribution is -2.68. The number of methoxy groups -OCH3 is 1. The summed E-state index contributed by atoms with van der Waals surface area (Å²) >= 11 is 0. The highest BCUT2D eigenvalue weighted by molar-refractivity contribution is 6.99. The Kier molecular flexibility index (Phi) is 7.27. The molecule has 0 unspecified atom stereocenters. The van der Waals surface area contributed by atoms with Crippen LogP contribution in [-0.2, 0) is 14.0 Å². The van der Waals surface area contributed by atoms with E-state index in [-0.39, 0.29) is 34.9 Å². The Morgan fingerprint density at radius 1 is 1.00 bits per heavy atom. The van der Waals surface area contributed by atoms with Gasteiger partial charge in [-0.25, -0.2) is 0 Å². The van der Waals surface area contributed by atoms with E-state index in [1.807, 2.05) is 0 Å². The molecule has 0 bridgehead atoms. The minimum absolute atomic E-state index is 0.0303. The molecule has 5 atom stereocenters. The third-order valence-corrected chi connectivity index (χ3v) is 13.7. The van der Waals surface area contributed by atoms with Gasteiger partial charge in [-0.2, -0.15) is 5.26 Å². The van der Waals surface area contributed by atoms with Gasteiger partial charge in [0.25, 0.3) is 8.32 Å². The Balaban J connectivity index is 1.82.